The Hall–Kier alpha value is -0.120. The number of likely N-dealkylation sites (N-methyl/N-ethyl adjacent to an activating group) is 1. The Kier molecular flexibility index (Phi) is 3.18. The zero-order valence-corrected chi connectivity index (χ0v) is 11.2. The van der Waals surface area contributed by atoms with Gasteiger partial charge in [0.2, 0.25) is 0 Å². The summed E-state index contributed by atoms with van der Waals surface area (Å²) in [5, 5.41) is 0. The Bertz CT molecular complexity index is 273. The second-order valence-electron chi connectivity index (χ2n) is 6.36. The van der Waals surface area contributed by atoms with Crippen LogP contribution in [0.4, 0.5) is 0 Å². The highest BCUT2D eigenvalue weighted by Crippen LogP contribution is 2.38. The van der Waals surface area contributed by atoms with Crippen molar-refractivity contribution in [3.05, 3.63) is 0 Å². The summed E-state index contributed by atoms with van der Waals surface area (Å²) in [6, 6.07) is 0.906. The Morgan fingerprint density at radius 2 is 2.06 bits per heavy atom. The summed E-state index contributed by atoms with van der Waals surface area (Å²) < 4.78 is 0. The van der Waals surface area contributed by atoms with Crippen LogP contribution in [-0.2, 0) is 0 Å². The second-order valence-corrected chi connectivity index (χ2v) is 6.36. The minimum Gasteiger partial charge on any atom is -0.329 e. The van der Waals surface area contributed by atoms with Crippen LogP contribution in [0.1, 0.15) is 39.0 Å². The maximum Gasteiger partial charge on any atom is 0.0470 e. The van der Waals surface area contributed by atoms with E-state index >= 15 is 0 Å². The molecule has 3 rings (SSSR count). The molecule has 17 heavy (non-hydrogen) atoms. The highest BCUT2D eigenvalue weighted by molar-refractivity contribution is 5.04. The van der Waals surface area contributed by atoms with E-state index in [1.54, 1.807) is 0 Å². The van der Waals surface area contributed by atoms with E-state index in [2.05, 4.69) is 16.7 Å². The van der Waals surface area contributed by atoms with Crippen molar-refractivity contribution >= 4 is 0 Å². The summed E-state index contributed by atoms with van der Waals surface area (Å²) in [5.41, 5.74) is 6.46. The van der Waals surface area contributed by atoms with Crippen molar-refractivity contribution in [1.82, 2.24) is 9.80 Å². The zero-order valence-electron chi connectivity index (χ0n) is 11.2. The van der Waals surface area contributed by atoms with Crippen molar-refractivity contribution in [2.75, 3.05) is 32.7 Å². The van der Waals surface area contributed by atoms with Crippen molar-refractivity contribution in [1.29, 1.82) is 0 Å². The van der Waals surface area contributed by atoms with Gasteiger partial charge < -0.3 is 5.73 Å². The van der Waals surface area contributed by atoms with Crippen LogP contribution < -0.4 is 5.73 Å². The van der Waals surface area contributed by atoms with E-state index in [0.29, 0.717) is 5.54 Å². The smallest absolute Gasteiger partial charge is 0.0470 e. The van der Waals surface area contributed by atoms with E-state index < -0.39 is 0 Å². The van der Waals surface area contributed by atoms with Gasteiger partial charge in [0.25, 0.3) is 0 Å². The highest BCUT2D eigenvalue weighted by Gasteiger charge is 2.46. The number of rotatable bonds is 6. The van der Waals surface area contributed by atoms with Crippen LogP contribution >= 0.6 is 0 Å². The fourth-order valence-electron chi connectivity index (χ4n) is 3.46. The molecule has 1 heterocycles. The van der Waals surface area contributed by atoms with Crippen molar-refractivity contribution < 1.29 is 0 Å². The molecule has 0 spiro atoms. The first kappa shape index (κ1) is 11.9. The molecule has 1 atom stereocenters. The van der Waals surface area contributed by atoms with Gasteiger partial charge in [0.1, 0.15) is 0 Å². The molecule has 1 saturated heterocycles. The van der Waals surface area contributed by atoms with Gasteiger partial charge in [-0.1, -0.05) is 6.92 Å². The van der Waals surface area contributed by atoms with Crippen molar-refractivity contribution in [3.8, 4) is 0 Å². The minimum absolute atomic E-state index is 0.305. The molecule has 1 aliphatic heterocycles. The average molecular weight is 237 g/mol. The molecule has 3 heteroatoms. The first-order valence-electron chi connectivity index (χ1n) is 7.46. The minimum atomic E-state index is 0.305. The van der Waals surface area contributed by atoms with Crippen LogP contribution in [-0.4, -0.2) is 54.1 Å². The van der Waals surface area contributed by atoms with Gasteiger partial charge in [-0.3, -0.25) is 9.80 Å². The average Bonchev–Trinajstić information content (AvgIpc) is 3.26. The van der Waals surface area contributed by atoms with E-state index in [1.165, 1.54) is 58.3 Å². The summed E-state index contributed by atoms with van der Waals surface area (Å²) in [6.07, 6.45) is 7.04. The highest BCUT2D eigenvalue weighted by atomic mass is 15.3. The molecule has 0 bridgehead atoms. The summed E-state index contributed by atoms with van der Waals surface area (Å²) in [4.78, 5) is 5.40. The first-order valence-corrected chi connectivity index (χ1v) is 7.46. The van der Waals surface area contributed by atoms with Crippen LogP contribution in [0.2, 0.25) is 0 Å². The van der Waals surface area contributed by atoms with E-state index in [0.717, 1.165) is 18.5 Å². The molecule has 0 amide bonds. The molecule has 0 aromatic rings. The lowest BCUT2D eigenvalue weighted by molar-refractivity contribution is 0.0979. The number of likely N-dealkylation sites (tertiary alicyclic amines) is 1. The predicted molar refractivity (Wildman–Crippen MR) is 71.0 cm³/mol. The standard InChI is InChI=1S/C14H27N3/c1-2-17(9-12-3-4-12)14(10-15)7-8-16(11-14)13-5-6-13/h12-13H,2-11,15H2,1H3. The van der Waals surface area contributed by atoms with Crippen molar-refractivity contribution in [3.63, 3.8) is 0 Å². The summed E-state index contributed by atoms with van der Waals surface area (Å²) in [5.74, 6) is 0.980. The normalized spacial score (nSPS) is 34.8. The van der Waals surface area contributed by atoms with E-state index in [-0.39, 0.29) is 0 Å². The quantitative estimate of drug-likeness (QED) is 0.755. The Morgan fingerprint density at radius 3 is 2.59 bits per heavy atom. The molecule has 98 valence electrons. The first-order chi connectivity index (χ1) is 8.27. The molecule has 2 saturated carbocycles. The largest absolute Gasteiger partial charge is 0.329 e. The molecule has 2 N–H and O–H groups in total. The van der Waals surface area contributed by atoms with Crippen LogP contribution in [0.25, 0.3) is 0 Å². The maximum absolute atomic E-state index is 6.16. The van der Waals surface area contributed by atoms with Gasteiger partial charge in [-0.2, -0.15) is 0 Å². The lowest BCUT2D eigenvalue weighted by Gasteiger charge is -2.40. The van der Waals surface area contributed by atoms with Crippen molar-refractivity contribution in [2.24, 2.45) is 11.7 Å². The van der Waals surface area contributed by atoms with Crippen LogP contribution in [0.5, 0.6) is 0 Å². The predicted octanol–water partition coefficient (Wildman–Crippen LogP) is 1.28. The molecule has 0 radical (unpaired) electrons. The topological polar surface area (TPSA) is 32.5 Å². The van der Waals surface area contributed by atoms with Crippen LogP contribution in [0, 0.1) is 5.92 Å². The van der Waals surface area contributed by atoms with Gasteiger partial charge in [-0.05, 0) is 44.6 Å². The number of nitrogens with zero attached hydrogens (tertiary/aromatic N) is 2. The van der Waals surface area contributed by atoms with Gasteiger partial charge in [0.15, 0.2) is 0 Å². The van der Waals surface area contributed by atoms with E-state index in [4.69, 9.17) is 5.73 Å². The fourth-order valence-corrected chi connectivity index (χ4v) is 3.46. The third-order valence-electron chi connectivity index (χ3n) is 5.03. The van der Waals surface area contributed by atoms with Gasteiger partial charge >= 0.3 is 0 Å². The third-order valence-corrected chi connectivity index (χ3v) is 5.03. The Morgan fingerprint density at radius 1 is 1.29 bits per heavy atom. The molecule has 1 unspecified atom stereocenters. The van der Waals surface area contributed by atoms with E-state index in [9.17, 15) is 0 Å². The third kappa shape index (κ3) is 2.38. The maximum atomic E-state index is 6.16. The van der Waals surface area contributed by atoms with Gasteiger partial charge in [0, 0.05) is 37.8 Å². The van der Waals surface area contributed by atoms with Gasteiger partial charge in [-0.25, -0.2) is 0 Å². The zero-order chi connectivity index (χ0) is 11.9. The Balaban J connectivity index is 1.66. The molecular weight excluding hydrogens is 210 g/mol. The summed E-state index contributed by atoms with van der Waals surface area (Å²) >= 11 is 0. The summed E-state index contributed by atoms with van der Waals surface area (Å²) in [7, 11) is 0. The SMILES string of the molecule is CCN(CC1CC1)C1(CN)CCN(C2CC2)C1. The molecule has 2 aliphatic carbocycles. The number of nitrogens with two attached hydrogens (primary N) is 1. The number of hydrogen-bond acceptors (Lipinski definition) is 3. The number of hydrogen-bond donors (Lipinski definition) is 1. The lowest BCUT2D eigenvalue weighted by Crippen LogP contribution is -2.56. The van der Waals surface area contributed by atoms with E-state index in [1.807, 2.05) is 0 Å². The molecule has 3 fully saturated rings. The molecule has 3 nitrogen and oxygen atoms in total. The van der Waals surface area contributed by atoms with Crippen LogP contribution in [0.15, 0.2) is 0 Å². The van der Waals surface area contributed by atoms with Gasteiger partial charge in [0.05, 0.1) is 0 Å². The van der Waals surface area contributed by atoms with Crippen LogP contribution in [0.3, 0.4) is 0 Å². The second kappa shape index (κ2) is 4.52. The molecular formula is C14H27N3. The fraction of sp³-hybridized carbons (Fsp3) is 1.00. The van der Waals surface area contributed by atoms with Crippen molar-refractivity contribution in [2.45, 2.75) is 50.6 Å². The molecule has 3 aliphatic rings. The molecule has 0 aromatic carbocycles. The Labute approximate surface area is 105 Å². The molecule has 0 aromatic heterocycles. The van der Waals surface area contributed by atoms with Gasteiger partial charge in [-0.15, -0.1) is 0 Å². The monoisotopic (exact) mass is 237 g/mol. The summed E-state index contributed by atoms with van der Waals surface area (Å²) in [6.45, 7) is 8.13. The lowest BCUT2D eigenvalue weighted by atomic mass is 9.95.